The molecule has 0 bridgehead atoms. The van der Waals surface area contributed by atoms with Crippen molar-refractivity contribution < 1.29 is 14.1 Å². The number of hydrogen-bond donors (Lipinski definition) is 0. The van der Waals surface area contributed by atoms with E-state index in [2.05, 4.69) is 0 Å². The Balaban J connectivity index is 1.76. The normalized spacial score (nSPS) is 11.2. The lowest BCUT2D eigenvalue weighted by molar-refractivity contribution is -0.384. The largest absolute Gasteiger partial charge is 0.421 e. The van der Waals surface area contributed by atoms with Gasteiger partial charge in [-0.15, -0.1) is 0 Å². The first-order valence-corrected chi connectivity index (χ1v) is 9.18. The molecule has 148 valence electrons. The molecule has 30 heavy (non-hydrogen) atoms. The zero-order chi connectivity index (χ0) is 21.3. The average molecular weight is 421 g/mol. The fourth-order valence-electron chi connectivity index (χ4n) is 3.07. The summed E-state index contributed by atoms with van der Waals surface area (Å²) < 4.78 is 6.93. The molecule has 8 heteroatoms. The standard InChI is InChI=1S/C22H13ClN2O5/c23-16-7-3-14(4-8-16)18(26)11-13-24-12-1-2-19-21(24)20(22(27)30-19)15-5-9-17(10-6-15)25(28)29/h1-13H/b13-11+. The van der Waals surface area contributed by atoms with Crippen molar-refractivity contribution >= 4 is 29.3 Å². The third-order valence-corrected chi connectivity index (χ3v) is 4.76. The average Bonchev–Trinajstić information content (AvgIpc) is 3.09. The highest BCUT2D eigenvalue weighted by atomic mass is 35.5. The lowest BCUT2D eigenvalue weighted by atomic mass is 10.0. The number of nitro groups is 1. The quantitative estimate of drug-likeness (QED) is 0.193. The summed E-state index contributed by atoms with van der Waals surface area (Å²) in [5, 5.41) is 11.4. The number of pyridine rings is 1. The Morgan fingerprint density at radius 3 is 2.43 bits per heavy atom. The number of aromatic nitrogens is 1. The molecule has 2 aromatic rings. The fourth-order valence-corrected chi connectivity index (χ4v) is 3.20. The van der Waals surface area contributed by atoms with Crippen LogP contribution in [0.2, 0.25) is 5.02 Å². The van der Waals surface area contributed by atoms with Gasteiger partial charge in [-0.3, -0.25) is 14.9 Å². The molecule has 2 aliphatic rings. The van der Waals surface area contributed by atoms with Crippen LogP contribution in [0.3, 0.4) is 0 Å². The number of furan rings is 1. The van der Waals surface area contributed by atoms with Crippen LogP contribution in [0.25, 0.3) is 28.8 Å². The molecule has 0 aliphatic carbocycles. The molecule has 0 unspecified atom stereocenters. The van der Waals surface area contributed by atoms with Crippen molar-refractivity contribution in [2.75, 3.05) is 0 Å². The highest BCUT2D eigenvalue weighted by molar-refractivity contribution is 6.30. The summed E-state index contributed by atoms with van der Waals surface area (Å²) in [7, 11) is 0. The van der Waals surface area contributed by atoms with E-state index >= 15 is 0 Å². The van der Waals surface area contributed by atoms with Crippen LogP contribution >= 0.6 is 11.6 Å². The van der Waals surface area contributed by atoms with E-state index in [1.165, 1.54) is 36.5 Å². The number of halogens is 1. The molecule has 0 saturated heterocycles. The minimum atomic E-state index is -0.573. The first kappa shape index (κ1) is 19.4. The van der Waals surface area contributed by atoms with Gasteiger partial charge in [0.15, 0.2) is 11.5 Å². The summed E-state index contributed by atoms with van der Waals surface area (Å²) in [6.07, 6.45) is 4.58. The van der Waals surface area contributed by atoms with Crippen molar-refractivity contribution in [1.82, 2.24) is 4.57 Å². The molecule has 0 radical (unpaired) electrons. The highest BCUT2D eigenvalue weighted by Crippen LogP contribution is 2.33. The number of nitro benzene ring substituents is 1. The zero-order valence-corrected chi connectivity index (χ0v) is 16.1. The molecular weight excluding hydrogens is 408 g/mol. The van der Waals surface area contributed by atoms with E-state index in [-0.39, 0.29) is 17.0 Å². The Hall–Kier alpha value is -3.97. The molecule has 0 N–H and O–H groups in total. The van der Waals surface area contributed by atoms with Gasteiger partial charge in [-0.2, -0.15) is 0 Å². The van der Waals surface area contributed by atoms with Crippen LogP contribution < -0.4 is 5.63 Å². The number of rotatable bonds is 5. The predicted molar refractivity (Wildman–Crippen MR) is 113 cm³/mol. The molecule has 4 rings (SSSR count). The molecule has 2 heterocycles. The van der Waals surface area contributed by atoms with E-state index in [0.29, 0.717) is 27.6 Å². The van der Waals surface area contributed by atoms with Gasteiger partial charge in [0.1, 0.15) is 5.69 Å². The van der Waals surface area contributed by atoms with Gasteiger partial charge in [0, 0.05) is 41.2 Å². The van der Waals surface area contributed by atoms with Crippen molar-refractivity contribution in [3.8, 4) is 22.6 Å². The van der Waals surface area contributed by atoms with Crippen molar-refractivity contribution in [3.05, 3.63) is 104 Å². The summed E-state index contributed by atoms with van der Waals surface area (Å²) in [5.41, 5.74) is 0.995. The number of hydrogen-bond acceptors (Lipinski definition) is 5. The van der Waals surface area contributed by atoms with Crippen LogP contribution in [0.1, 0.15) is 10.4 Å². The second-order valence-corrected chi connectivity index (χ2v) is 6.82. The van der Waals surface area contributed by atoms with Crippen LogP contribution in [0, 0.1) is 10.1 Å². The van der Waals surface area contributed by atoms with Gasteiger partial charge in [0.25, 0.3) is 5.69 Å². The van der Waals surface area contributed by atoms with Gasteiger partial charge in [0.2, 0.25) is 0 Å². The van der Waals surface area contributed by atoms with Crippen LogP contribution in [0.5, 0.6) is 0 Å². The molecule has 0 spiro atoms. The first-order valence-electron chi connectivity index (χ1n) is 8.80. The first-order chi connectivity index (χ1) is 14.4. The number of non-ortho nitro benzene ring substituents is 1. The Labute approximate surface area is 174 Å². The monoisotopic (exact) mass is 420 g/mol. The van der Waals surface area contributed by atoms with Gasteiger partial charge >= 0.3 is 5.63 Å². The van der Waals surface area contributed by atoms with Gasteiger partial charge in [-0.25, -0.2) is 4.79 Å². The third-order valence-electron chi connectivity index (χ3n) is 4.51. The summed E-state index contributed by atoms with van der Waals surface area (Å²) in [4.78, 5) is 35.3. The van der Waals surface area contributed by atoms with E-state index in [4.69, 9.17) is 16.0 Å². The van der Waals surface area contributed by atoms with E-state index < -0.39 is 10.5 Å². The Bertz CT molecular complexity index is 1300. The summed E-state index contributed by atoms with van der Waals surface area (Å²) in [5.74, 6) is 0.0957. The second kappa shape index (κ2) is 7.81. The van der Waals surface area contributed by atoms with Crippen molar-refractivity contribution in [2.24, 2.45) is 0 Å². The SMILES string of the molecule is O=C(/C=C/n1cccc2oc(=O)c(-c3ccc([N+](=O)[O-])cc3)c1-2)c1ccc(Cl)cc1. The van der Waals surface area contributed by atoms with Crippen LogP contribution in [0.15, 0.2) is 82.1 Å². The van der Waals surface area contributed by atoms with Gasteiger partial charge in [0.05, 0.1) is 10.5 Å². The molecule has 2 aliphatic heterocycles. The summed E-state index contributed by atoms with van der Waals surface area (Å²) in [6, 6.07) is 15.4. The third kappa shape index (κ3) is 3.66. The number of allylic oxidation sites excluding steroid dienone is 1. The summed E-state index contributed by atoms with van der Waals surface area (Å²) >= 11 is 5.85. The van der Waals surface area contributed by atoms with E-state index in [0.717, 1.165) is 0 Å². The molecule has 0 atom stereocenters. The number of fused-ring (bicyclic) bond motifs is 1. The number of carbonyl (C=O) groups excluding carboxylic acids is 1. The van der Waals surface area contributed by atoms with Crippen LogP contribution in [-0.2, 0) is 0 Å². The number of benzene rings is 2. The van der Waals surface area contributed by atoms with Gasteiger partial charge in [-0.1, -0.05) is 11.6 Å². The fraction of sp³-hybridized carbons (Fsp3) is 0. The molecular formula is C22H13ClN2O5. The van der Waals surface area contributed by atoms with Gasteiger partial charge < -0.3 is 8.98 Å². The Morgan fingerprint density at radius 1 is 1.07 bits per heavy atom. The molecule has 0 fully saturated rings. The maximum absolute atomic E-state index is 12.5. The maximum Gasteiger partial charge on any atom is 0.346 e. The van der Waals surface area contributed by atoms with Gasteiger partial charge in [-0.05, 0) is 54.1 Å². The Kier molecular flexibility index (Phi) is 5.04. The second-order valence-electron chi connectivity index (χ2n) is 6.38. The highest BCUT2D eigenvalue weighted by Gasteiger charge is 2.22. The molecule has 0 amide bonds. The maximum atomic E-state index is 12.5. The summed E-state index contributed by atoms with van der Waals surface area (Å²) in [6.45, 7) is 0. The van der Waals surface area contributed by atoms with Crippen molar-refractivity contribution in [1.29, 1.82) is 0 Å². The van der Waals surface area contributed by atoms with E-state index in [1.807, 2.05) is 0 Å². The Morgan fingerprint density at radius 2 is 1.77 bits per heavy atom. The molecule has 2 aromatic carbocycles. The van der Waals surface area contributed by atoms with Crippen LogP contribution in [0.4, 0.5) is 5.69 Å². The smallest absolute Gasteiger partial charge is 0.346 e. The predicted octanol–water partition coefficient (Wildman–Crippen LogP) is 5.13. The molecule has 0 aromatic heterocycles. The number of ketones is 1. The molecule has 7 nitrogen and oxygen atoms in total. The van der Waals surface area contributed by atoms with Crippen LogP contribution in [-0.4, -0.2) is 15.3 Å². The zero-order valence-electron chi connectivity index (χ0n) is 15.3. The lowest BCUT2D eigenvalue weighted by Gasteiger charge is -2.08. The number of carbonyl (C=O) groups is 1. The lowest BCUT2D eigenvalue weighted by Crippen LogP contribution is -2.01. The topological polar surface area (TPSA) is 95.3 Å². The van der Waals surface area contributed by atoms with Crippen molar-refractivity contribution in [2.45, 2.75) is 0 Å². The van der Waals surface area contributed by atoms with E-state index in [9.17, 15) is 19.7 Å². The van der Waals surface area contributed by atoms with E-state index in [1.54, 1.807) is 47.2 Å². The minimum Gasteiger partial charge on any atom is -0.421 e. The number of nitrogens with zero attached hydrogens (tertiary/aromatic N) is 2. The molecule has 0 saturated carbocycles. The minimum absolute atomic E-state index is 0.0830. The van der Waals surface area contributed by atoms with Crippen molar-refractivity contribution in [3.63, 3.8) is 0 Å².